The SMILES string of the molecule is C=C[C@@H](C)[C@H](CCCC)C(=O)N[C@H](N)c1ccccc1. The summed E-state index contributed by atoms with van der Waals surface area (Å²) < 4.78 is 0. The van der Waals surface area contributed by atoms with Crippen molar-refractivity contribution < 1.29 is 4.79 Å². The molecule has 0 aromatic heterocycles. The minimum absolute atomic E-state index is 0.0159. The maximum atomic E-state index is 12.4. The van der Waals surface area contributed by atoms with Crippen molar-refractivity contribution in [2.45, 2.75) is 39.3 Å². The fraction of sp³-hybridized carbons (Fsp3) is 0.471. The fourth-order valence-corrected chi connectivity index (χ4v) is 2.23. The molecule has 0 heterocycles. The standard InChI is InChI=1S/C17H26N2O/c1-4-6-12-15(13(3)5-2)17(20)19-16(18)14-10-8-7-9-11-14/h5,7-11,13,15-16H,2,4,6,12,18H2,1,3H3,(H,19,20)/t13-,15+,16+/m1/s1. The maximum Gasteiger partial charge on any atom is 0.225 e. The number of nitrogens with two attached hydrogens (primary N) is 1. The lowest BCUT2D eigenvalue weighted by atomic mass is 9.88. The Morgan fingerprint density at radius 3 is 2.60 bits per heavy atom. The zero-order valence-electron chi connectivity index (χ0n) is 12.5. The van der Waals surface area contributed by atoms with Crippen LogP contribution in [0.2, 0.25) is 0 Å². The summed E-state index contributed by atoms with van der Waals surface area (Å²) in [7, 11) is 0. The molecule has 0 aliphatic carbocycles. The molecule has 0 bridgehead atoms. The number of hydrogen-bond donors (Lipinski definition) is 2. The number of carbonyl (C=O) groups excluding carboxylic acids is 1. The normalized spacial score (nSPS) is 15.2. The highest BCUT2D eigenvalue weighted by Crippen LogP contribution is 2.21. The third kappa shape index (κ3) is 4.82. The molecule has 3 nitrogen and oxygen atoms in total. The predicted molar refractivity (Wildman–Crippen MR) is 83.9 cm³/mol. The van der Waals surface area contributed by atoms with Crippen molar-refractivity contribution in [2.24, 2.45) is 17.6 Å². The highest BCUT2D eigenvalue weighted by molar-refractivity contribution is 5.79. The number of benzene rings is 1. The molecule has 1 amide bonds. The summed E-state index contributed by atoms with van der Waals surface area (Å²) >= 11 is 0. The first-order valence-electron chi connectivity index (χ1n) is 7.33. The van der Waals surface area contributed by atoms with Gasteiger partial charge in [0, 0.05) is 5.92 Å². The molecule has 0 aliphatic heterocycles. The van der Waals surface area contributed by atoms with Crippen LogP contribution in [0.4, 0.5) is 0 Å². The molecule has 1 aromatic rings. The van der Waals surface area contributed by atoms with E-state index in [0.717, 1.165) is 24.8 Å². The quantitative estimate of drug-likeness (QED) is 0.564. The predicted octanol–water partition coefficient (Wildman–Crippen LogP) is 3.39. The molecule has 110 valence electrons. The van der Waals surface area contributed by atoms with Crippen molar-refractivity contribution >= 4 is 5.91 Å². The van der Waals surface area contributed by atoms with Crippen LogP contribution in [-0.4, -0.2) is 5.91 Å². The number of allylic oxidation sites excluding steroid dienone is 1. The Morgan fingerprint density at radius 2 is 2.05 bits per heavy atom. The van der Waals surface area contributed by atoms with E-state index in [1.54, 1.807) is 0 Å². The Morgan fingerprint density at radius 1 is 1.40 bits per heavy atom. The topological polar surface area (TPSA) is 55.1 Å². The highest BCUT2D eigenvalue weighted by Gasteiger charge is 2.24. The number of hydrogen-bond acceptors (Lipinski definition) is 2. The molecule has 0 spiro atoms. The Hall–Kier alpha value is -1.61. The molecule has 0 radical (unpaired) electrons. The highest BCUT2D eigenvalue weighted by atomic mass is 16.2. The zero-order chi connectivity index (χ0) is 15.0. The molecule has 0 saturated carbocycles. The van der Waals surface area contributed by atoms with Crippen LogP contribution in [0.25, 0.3) is 0 Å². The van der Waals surface area contributed by atoms with Crippen LogP contribution in [0.1, 0.15) is 44.8 Å². The van der Waals surface area contributed by atoms with E-state index in [9.17, 15) is 4.79 Å². The molecular weight excluding hydrogens is 248 g/mol. The van der Waals surface area contributed by atoms with Crippen molar-refractivity contribution in [3.63, 3.8) is 0 Å². The molecule has 3 atom stereocenters. The maximum absolute atomic E-state index is 12.4. The first kappa shape index (κ1) is 16.4. The van der Waals surface area contributed by atoms with Gasteiger partial charge in [0.1, 0.15) is 6.17 Å². The van der Waals surface area contributed by atoms with Crippen LogP contribution < -0.4 is 11.1 Å². The van der Waals surface area contributed by atoms with Gasteiger partial charge in [-0.15, -0.1) is 6.58 Å². The second kappa shape index (κ2) is 8.54. The van der Waals surface area contributed by atoms with Gasteiger partial charge >= 0.3 is 0 Å². The second-order valence-corrected chi connectivity index (χ2v) is 5.24. The van der Waals surface area contributed by atoms with Crippen LogP contribution in [0.15, 0.2) is 43.0 Å². The van der Waals surface area contributed by atoms with Gasteiger partial charge in [-0.3, -0.25) is 4.79 Å². The average molecular weight is 274 g/mol. The minimum Gasteiger partial charge on any atom is -0.337 e. The van der Waals surface area contributed by atoms with Crippen molar-refractivity contribution in [1.29, 1.82) is 0 Å². The summed E-state index contributed by atoms with van der Waals surface area (Å²) in [6, 6.07) is 9.61. The molecule has 0 fully saturated rings. The van der Waals surface area contributed by atoms with E-state index < -0.39 is 6.17 Å². The largest absolute Gasteiger partial charge is 0.337 e. The van der Waals surface area contributed by atoms with Gasteiger partial charge in [-0.2, -0.15) is 0 Å². The lowest BCUT2D eigenvalue weighted by Crippen LogP contribution is -2.39. The summed E-state index contributed by atoms with van der Waals surface area (Å²) in [4.78, 5) is 12.4. The fourth-order valence-electron chi connectivity index (χ4n) is 2.23. The summed E-state index contributed by atoms with van der Waals surface area (Å²) in [6.45, 7) is 7.95. The lowest BCUT2D eigenvalue weighted by Gasteiger charge is -2.23. The summed E-state index contributed by atoms with van der Waals surface area (Å²) in [6.07, 6.45) is 4.38. The van der Waals surface area contributed by atoms with Crippen molar-refractivity contribution in [3.05, 3.63) is 48.6 Å². The third-order valence-electron chi connectivity index (χ3n) is 3.67. The lowest BCUT2D eigenvalue weighted by molar-refractivity contribution is -0.127. The van der Waals surface area contributed by atoms with Crippen molar-refractivity contribution in [1.82, 2.24) is 5.32 Å². The second-order valence-electron chi connectivity index (χ2n) is 5.24. The zero-order valence-corrected chi connectivity index (χ0v) is 12.5. The number of unbranched alkanes of at least 4 members (excludes halogenated alkanes) is 1. The molecule has 1 aromatic carbocycles. The molecule has 3 N–H and O–H groups in total. The molecule has 0 unspecified atom stereocenters. The number of amides is 1. The summed E-state index contributed by atoms with van der Waals surface area (Å²) in [5.74, 6) is 0.119. The molecule has 20 heavy (non-hydrogen) atoms. The van der Waals surface area contributed by atoms with Crippen LogP contribution >= 0.6 is 0 Å². The van der Waals surface area contributed by atoms with Gasteiger partial charge in [0.2, 0.25) is 5.91 Å². The van der Waals surface area contributed by atoms with E-state index in [1.165, 1.54) is 0 Å². The first-order chi connectivity index (χ1) is 9.60. The molecular formula is C17H26N2O. The molecule has 0 saturated heterocycles. The average Bonchev–Trinajstić information content (AvgIpc) is 2.48. The monoisotopic (exact) mass is 274 g/mol. The Bertz CT molecular complexity index is 416. The summed E-state index contributed by atoms with van der Waals surface area (Å²) in [5.41, 5.74) is 6.96. The number of nitrogens with one attached hydrogen (secondary N) is 1. The summed E-state index contributed by atoms with van der Waals surface area (Å²) in [5, 5.41) is 2.91. The van der Waals surface area contributed by atoms with Crippen LogP contribution in [-0.2, 0) is 4.79 Å². The molecule has 0 aliphatic rings. The minimum atomic E-state index is -0.454. The van der Waals surface area contributed by atoms with Gasteiger partial charge in [0.05, 0.1) is 0 Å². The number of carbonyl (C=O) groups is 1. The van der Waals surface area contributed by atoms with Gasteiger partial charge in [-0.25, -0.2) is 0 Å². The Labute approximate surface area is 122 Å². The van der Waals surface area contributed by atoms with E-state index in [-0.39, 0.29) is 17.7 Å². The van der Waals surface area contributed by atoms with Crippen LogP contribution in [0.5, 0.6) is 0 Å². The van der Waals surface area contributed by atoms with E-state index >= 15 is 0 Å². The van der Waals surface area contributed by atoms with Crippen molar-refractivity contribution in [2.75, 3.05) is 0 Å². The van der Waals surface area contributed by atoms with Gasteiger partial charge in [0.25, 0.3) is 0 Å². The van der Waals surface area contributed by atoms with E-state index in [4.69, 9.17) is 5.73 Å². The van der Waals surface area contributed by atoms with Gasteiger partial charge in [-0.1, -0.05) is 63.1 Å². The van der Waals surface area contributed by atoms with Crippen LogP contribution in [0.3, 0.4) is 0 Å². The smallest absolute Gasteiger partial charge is 0.225 e. The van der Waals surface area contributed by atoms with Crippen LogP contribution in [0, 0.1) is 11.8 Å². The molecule has 3 heteroatoms. The third-order valence-corrected chi connectivity index (χ3v) is 3.67. The molecule has 1 rings (SSSR count). The van der Waals surface area contributed by atoms with E-state index in [2.05, 4.69) is 18.8 Å². The van der Waals surface area contributed by atoms with Gasteiger partial charge in [-0.05, 0) is 17.9 Å². The van der Waals surface area contributed by atoms with E-state index in [1.807, 2.05) is 43.3 Å². The first-order valence-corrected chi connectivity index (χ1v) is 7.33. The van der Waals surface area contributed by atoms with Gasteiger partial charge < -0.3 is 11.1 Å². The van der Waals surface area contributed by atoms with E-state index in [0.29, 0.717) is 0 Å². The number of rotatable bonds is 8. The van der Waals surface area contributed by atoms with Gasteiger partial charge in [0.15, 0.2) is 0 Å². The Balaban J connectivity index is 2.67. The van der Waals surface area contributed by atoms with Crippen molar-refractivity contribution in [3.8, 4) is 0 Å². The Kier molecular flexibility index (Phi) is 7.02.